The normalized spacial score (nSPS) is 11.1. The second-order valence-electron chi connectivity index (χ2n) is 5.69. The SMILES string of the molecule is COC(=O)C(=O)C(C(=O)C=C(C)C)C(=O)C(=O)Nc1ccc(Cl)cc1C. The van der Waals surface area contributed by atoms with Gasteiger partial charge in [0, 0.05) is 10.7 Å². The number of carbonyl (C=O) groups excluding carboxylic acids is 5. The molecule has 1 N–H and O–H groups in total. The van der Waals surface area contributed by atoms with Gasteiger partial charge in [-0.1, -0.05) is 17.2 Å². The number of carbonyl (C=O) groups is 5. The summed E-state index contributed by atoms with van der Waals surface area (Å²) in [5.74, 6) is -8.39. The predicted octanol–water partition coefficient (Wildman–Crippen LogP) is 2.05. The number of esters is 1. The van der Waals surface area contributed by atoms with Gasteiger partial charge in [-0.2, -0.15) is 0 Å². The molecule has 0 spiro atoms. The zero-order chi connectivity index (χ0) is 20.0. The van der Waals surface area contributed by atoms with E-state index in [0.717, 1.165) is 13.2 Å². The fourth-order valence-corrected chi connectivity index (χ4v) is 2.27. The van der Waals surface area contributed by atoms with Crippen LogP contribution in [0.25, 0.3) is 0 Å². The van der Waals surface area contributed by atoms with E-state index in [-0.39, 0.29) is 5.69 Å². The van der Waals surface area contributed by atoms with Gasteiger partial charge in [-0.05, 0) is 50.6 Å². The molecule has 1 amide bonds. The summed E-state index contributed by atoms with van der Waals surface area (Å²) in [7, 11) is 0.935. The van der Waals surface area contributed by atoms with Gasteiger partial charge < -0.3 is 10.1 Å². The maximum atomic E-state index is 12.4. The highest BCUT2D eigenvalue weighted by Gasteiger charge is 2.40. The van der Waals surface area contributed by atoms with Crippen molar-refractivity contribution >= 4 is 46.5 Å². The topological polar surface area (TPSA) is 107 Å². The number of allylic oxidation sites excluding steroid dienone is 2. The molecule has 0 heterocycles. The first-order chi connectivity index (χ1) is 12.1. The molecule has 1 atom stereocenters. The predicted molar refractivity (Wildman–Crippen MR) is 94.8 cm³/mol. The molecule has 0 aliphatic carbocycles. The third kappa shape index (κ3) is 5.35. The number of rotatable bonds is 7. The number of anilines is 1. The summed E-state index contributed by atoms with van der Waals surface area (Å²) in [5, 5.41) is 2.75. The third-order valence-corrected chi connectivity index (χ3v) is 3.52. The van der Waals surface area contributed by atoms with Gasteiger partial charge >= 0.3 is 5.97 Å². The minimum atomic E-state index is -2.09. The molecule has 7 nitrogen and oxygen atoms in total. The monoisotopic (exact) mass is 379 g/mol. The summed E-state index contributed by atoms with van der Waals surface area (Å²) in [5.41, 5.74) is 1.36. The van der Waals surface area contributed by atoms with Crippen LogP contribution in [-0.4, -0.2) is 36.3 Å². The van der Waals surface area contributed by atoms with Crippen LogP contribution in [-0.2, 0) is 28.7 Å². The van der Waals surface area contributed by atoms with Crippen molar-refractivity contribution < 1.29 is 28.7 Å². The molecule has 1 unspecified atom stereocenters. The lowest BCUT2D eigenvalue weighted by molar-refractivity contribution is -0.157. The van der Waals surface area contributed by atoms with E-state index in [2.05, 4.69) is 10.1 Å². The lowest BCUT2D eigenvalue weighted by Gasteiger charge is -2.12. The molecule has 0 aliphatic heterocycles. The van der Waals surface area contributed by atoms with Gasteiger partial charge in [0.2, 0.25) is 5.78 Å². The van der Waals surface area contributed by atoms with E-state index in [1.54, 1.807) is 26.8 Å². The molecular weight excluding hydrogens is 362 g/mol. The molecule has 0 fully saturated rings. The van der Waals surface area contributed by atoms with Crippen LogP contribution in [0.3, 0.4) is 0 Å². The Morgan fingerprint density at radius 3 is 2.23 bits per heavy atom. The Morgan fingerprint density at radius 1 is 1.12 bits per heavy atom. The number of amides is 1. The van der Waals surface area contributed by atoms with Crippen LogP contribution in [0, 0.1) is 12.8 Å². The first-order valence-corrected chi connectivity index (χ1v) is 7.88. The van der Waals surface area contributed by atoms with Crippen molar-refractivity contribution in [2.24, 2.45) is 5.92 Å². The van der Waals surface area contributed by atoms with Crippen molar-refractivity contribution in [3.63, 3.8) is 0 Å². The van der Waals surface area contributed by atoms with Crippen molar-refractivity contribution in [2.45, 2.75) is 20.8 Å². The molecule has 0 saturated heterocycles. The zero-order valence-electron chi connectivity index (χ0n) is 14.7. The smallest absolute Gasteiger partial charge is 0.375 e. The van der Waals surface area contributed by atoms with E-state index < -0.39 is 35.1 Å². The number of ether oxygens (including phenoxy) is 1. The quantitative estimate of drug-likeness (QED) is 0.336. The van der Waals surface area contributed by atoms with Gasteiger partial charge in [0.15, 0.2) is 11.7 Å². The van der Waals surface area contributed by atoms with E-state index in [1.807, 2.05) is 0 Å². The number of nitrogens with one attached hydrogen (secondary N) is 1. The van der Waals surface area contributed by atoms with Gasteiger partial charge in [0.25, 0.3) is 11.7 Å². The highest BCUT2D eigenvalue weighted by atomic mass is 35.5. The Bertz CT molecular complexity index is 808. The maximum Gasteiger partial charge on any atom is 0.375 e. The fraction of sp³-hybridized carbons (Fsp3) is 0.278. The molecule has 26 heavy (non-hydrogen) atoms. The molecule has 1 rings (SSSR count). The van der Waals surface area contributed by atoms with Crippen molar-refractivity contribution in [2.75, 3.05) is 12.4 Å². The largest absolute Gasteiger partial charge is 0.463 e. The standard InChI is InChI=1S/C18H18ClNO6/c1-9(2)7-13(21)14(16(23)18(25)26-4)15(22)17(24)20-12-6-5-11(19)8-10(12)3/h5-8,14H,1-4H3,(H,20,24). The van der Waals surface area contributed by atoms with Crippen LogP contribution in [0.5, 0.6) is 0 Å². The lowest BCUT2D eigenvalue weighted by atomic mass is 9.92. The Morgan fingerprint density at radius 2 is 1.73 bits per heavy atom. The van der Waals surface area contributed by atoms with Crippen LogP contribution in [0.15, 0.2) is 29.8 Å². The van der Waals surface area contributed by atoms with Gasteiger partial charge in [-0.25, -0.2) is 4.79 Å². The first kappa shape index (κ1) is 21.2. The van der Waals surface area contributed by atoms with Crippen molar-refractivity contribution in [3.8, 4) is 0 Å². The minimum Gasteiger partial charge on any atom is -0.463 e. The summed E-state index contributed by atoms with van der Waals surface area (Å²) in [4.78, 5) is 60.4. The molecule has 0 bridgehead atoms. The summed E-state index contributed by atoms with van der Waals surface area (Å²) < 4.78 is 4.27. The second kappa shape index (κ2) is 9.05. The number of hydrogen-bond donors (Lipinski definition) is 1. The first-order valence-electron chi connectivity index (χ1n) is 7.50. The number of halogens is 1. The van der Waals surface area contributed by atoms with Crippen molar-refractivity contribution in [1.29, 1.82) is 0 Å². The number of methoxy groups -OCH3 is 1. The zero-order valence-corrected chi connectivity index (χ0v) is 15.5. The van der Waals surface area contributed by atoms with Crippen LogP contribution in [0.4, 0.5) is 5.69 Å². The molecular formula is C18H18ClNO6. The second-order valence-corrected chi connectivity index (χ2v) is 6.13. The lowest BCUT2D eigenvalue weighted by Crippen LogP contribution is -2.42. The van der Waals surface area contributed by atoms with E-state index in [1.165, 1.54) is 12.1 Å². The number of benzene rings is 1. The number of hydrogen-bond acceptors (Lipinski definition) is 6. The number of ketones is 3. The van der Waals surface area contributed by atoms with Crippen LogP contribution >= 0.6 is 11.6 Å². The van der Waals surface area contributed by atoms with Gasteiger partial charge in [0.05, 0.1) is 7.11 Å². The van der Waals surface area contributed by atoms with Crippen molar-refractivity contribution in [3.05, 3.63) is 40.4 Å². The van der Waals surface area contributed by atoms with Gasteiger partial charge in [-0.15, -0.1) is 0 Å². The number of aryl methyl sites for hydroxylation is 1. The third-order valence-electron chi connectivity index (χ3n) is 3.29. The molecule has 1 aromatic rings. The molecule has 1 aromatic carbocycles. The van der Waals surface area contributed by atoms with E-state index >= 15 is 0 Å². The van der Waals surface area contributed by atoms with Gasteiger partial charge in [-0.3, -0.25) is 19.2 Å². The van der Waals surface area contributed by atoms with E-state index in [9.17, 15) is 24.0 Å². The maximum absolute atomic E-state index is 12.4. The molecule has 0 aliphatic rings. The summed E-state index contributed by atoms with van der Waals surface area (Å²) in [6, 6.07) is 4.53. The Hall–Kier alpha value is -2.80. The molecule has 0 saturated carbocycles. The summed E-state index contributed by atoms with van der Waals surface area (Å²) >= 11 is 5.82. The van der Waals surface area contributed by atoms with Crippen molar-refractivity contribution in [1.82, 2.24) is 0 Å². The van der Waals surface area contributed by atoms with Gasteiger partial charge in [0.1, 0.15) is 0 Å². The molecule has 8 heteroatoms. The van der Waals surface area contributed by atoms with Crippen LogP contribution < -0.4 is 5.32 Å². The molecule has 138 valence electrons. The van der Waals surface area contributed by atoms with E-state index in [4.69, 9.17) is 11.6 Å². The Balaban J connectivity index is 3.16. The Labute approximate surface area is 155 Å². The summed E-state index contributed by atoms with van der Waals surface area (Å²) in [6.45, 7) is 4.79. The average molecular weight is 380 g/mol. The Kier molecular flexibility index (Phi) is 7.40. The minimum absolute atomic E-state index is 0.284. The molecule has 0 aromatic heterocycles. The van der Waals surface area contributed by atoms with Crippen LogP contribution in [0.2, 0.25) is 5.02 Å². The highest BCUT2D eigenvalue weighted by Crippen LogP contribution is 2.20. The fourth-order valence-electron chi connectivity index (χ4n) is 2.05. The van der Waals surface area contributed by atoms with E-state index in [0.29, 0.717) is 16.2 Å². The highest BCUT2D eigenvalue weighted by molar-refractivity contribution is 6.55. The number of Topliss-reactive ketones (excluding diaryl/α,β-unsaturated/α-hetero) is 2. The molecule has 0 radical (unpaired) electrons. The summed E-state index contributed by atoms with van der Waals surface area (Å²) in [6.07, 6.45) is 1.02. The average Bonchev–Trinajstić information content (AvgIpc) is 2.55. The van der Waals surface area contributed by atoms with Crippen LogP contribution in [0.1, 0.15) is 19.4 Å².